The highest BCUT2D eigenvalue weighted by Gasteiger charge is 2.33. The quantitative estimate of drug-likeness (QED) is 0.573. The van der Waals surface area contributed by atoms with Gasteiger partial charge < -0.3 is 8.85 Å². The van der Waals surface area contributed by atoms with Crippen LogP contribution in [0.2, 0.25) is 12.1 Å². The van der Waals surface area contributed by atoms with Crippen LogP contribution >= 0.6 is 0 Å². The molecule has 0 aliphatic heterocycles. The Morgan fingerprint density at radius 1 is 1.08 bits per heavy atom. The Labute approximate surface area is 77.5 Å². The molecule has 0 aromatic heterocycles. The SMILES string of the molecule is [CH2]CC[Si](CC)(OCC)OCC. The van der Waals surface area contributed by atoms with E-state index in [-0.39, 0.29) is 0 Å². The molecule has 73 valence electrons. The molecule has 1 radical (unpaired) electrons. The zero-order valence-corrected chi connectivity index (χ0v) is 9.56. The summed E-state index contributed by atoms with van der Waals surface area (Å²) < 4.78 is 11.5. The van der Waals surface area contributed by atoms with Gasteiger partial charge in [-0.15, -0.1) is 0 Å². The minimum absolute atomic E-state index is 0.764. The van der Waals surface area contributed by atoms with E-state index in [1.54, 1.807) is 0 Å². The summed E-state index contributed by atoms with van der Waals surface area (Å²) >= 11 is 0. The van der Waals surface area contributed by atoms with E-state index in [2.05, 4.69) is 13.8 Å². The predicted octanol–water partition coefficient (Wildman–Crippen LogP) is 2.75. The topological polar surface area (TPSA) is 18.5 Å². The zero-order valence-electron chi connectivity index (χ0n) is 8.56. The molecule has 0 amide bonds. The van der Waals surface area contributed by atoms with Gasteiger partial charge in [0.05, 0.1) is 0 Å². The fourth-order valence-corrected chi connectivity index (χ4v) is 4.09. The summed E-state index contributed by atoms with van der Waals surface area (Å²) in [5, 5.41) is 0. The van der Waals surface area contributed by atoms with E-state index in [0.29, 0.717) is 0 Å². The molecule has 0 aliphatic carbocycles. The minimum Gasteiger partial charge on any atom is -0.394 e. The average molecular weight is 189 g/mol. The van der Waals surface area contributed by atoms with Gasteiger partial charge in [0.15, 0.2) is 0 Å². The lowest BCUT2D eigenvalue weighted by Crippen LogP contribution is -2.41. The molecular formula is C9H21O2Si. The van der Waals surface area contributed by atoms with Crippen LogP contribution in [0.5, 0.6) is 0 Å². The zero-order chi connectivity index (χ0) is 9.45. The van der Waals surface area contributed by atoms with Crippen LogP contribution in [-0.2, 0) is 8.85 Å². The average Bonchev–Trinajstić information content (AvgIpc) is 2.06. The fraction of sp³-hybridized carbons (Fsp3) is 0.889. The smallest absolute Gasteiger partial charge is 0.337 e. The summed E-state index contributed by atoms with van der Waals surface area (Å²) in [4.78, 5) is 0. The maximum Gasteiger partial charge on any atom is 0.337 e. The van der Waals surface area contributed by atoms with Gasteiger partial charge in [0.1, 0.15) is 0 Å². The maximum absolute atomic E-state index is 5.74. The highest BCUT2D eigenvalue weighted by atomic mass is 28.4. The van der Waals surface area contributed by atoms with Crippen LogP contribution in [0.3, 0.4) is 0 Å². The molecule has 3 heteroatoms. The highest BCUT2D eigenvalue weighted by Crippen LogP contribution is 2.20. The van der Waals surface area contributed by atoms with Crippen LogP contribution in [0.25, 0.3) is 0 Å². The van der Waals surface area contributed by atoms with E-state index in [4.69, 9.17) is 8.85 Å². The Kier molecular flexibility index (Phi) is 6.71. The van der Waals surface area contributed by atoms with E-state index in [9.17, 15) is 0 Å². The van der Waals surface area contributed by atoms with E-state index >= 15 is 0 Å². The van der Waals surface area contributed by atoms with Crippen LogP contribution < -0.4 is 0 Å². The van der Waals surface area contributed by atoms with Crippen molar-refractivity contribution in [1.82, 2.24) is 0 Å². The summed E-state index contributed by atoms with van der Waals surface area (Å²) in [5.74, 6) is 0. The van der Waals surface area contributed by atoms with Gasteiger partial charge in [0.2, 0.25) is 0 Å². The van der Waals surface area contributed by atoms with E-state index < -0.39 is 8.56 Å². The lowest BCUT2D eigenvalue weighted by atomic mass is 10.6. The van der Waals surface area contributed by atoms with Crippen LogP contribution in [0.1, 0.15) is 27.2 Å². The van der Waals surface area contributed by atoms with Crippen molar-refractivity contribution in [3.8, 4) is 0 Å². The Hall–Kier alpha value is 0.137. The number of rotatable bonds is 7. The first-order valence-electron chi connectivity index (χ1n) is 4.81. The molecule has 0 saturated carbocycles. The third kappa shape index (κ3) is 3.69. The third-order valence-corrected chi connectivity index (χ3v) is 5.73. The van der Waals surface area contributed by atoms with E-state index in [0.717, 1.165) is 31.7 Å². The van der Waals surface area contributed by atoms with Crippen molar-refractivity contribution in [3.63, 3.8) is 0 Å². The van der Waals surface area contributed by atoms with Crippen LogP contribution in [0.4, 0.5) is 0 Å². The van der Waals surface area contributed by atoms with Crippen molar-refractivity contribution in [2.45, 2.75) is 39.3 Å². The van der Waals surface area contributed by atoms with Crippen LogP contribution in [0.15, 0.2) is 0 Å². The standard InChI is InChI=1S/C9H21O2Si/c1-5-9-12(8-4,10-6-2)11-7-3/h1,5-9H2,2-4H3. The number of hydrogen-bond donors (Lipinski definition) is 0. The first-order valence-corrected chi connectivity index (χ1v) is 7.04. The minimum atomic E-state index is -1.83. The van der Waals surface area contributed by atoms with Gasteiger partial charge in [-0.3, -0.25) is 0 Å². The lowest BCUT2D eigenvalue weighted by molar-refractivity contribution is 0.183. The van der Waals surface area contributed by atoms with Gasteiger partial charge in [-0.2, -0.15) is 0 Å². The second-order valence-corrected chi connectivity index (χ2v) is 6.34. The molecule has 2 nitrogen and oxygen atoms in total. The molecular weight excluding hydrogens is 168 g/mol. The largest absolute Gasteiger partial charge is 0.394 e. The van der Waals surface area contributed by atoms with Crippen molar-refractivity contribution in [1.29, 1.82) is 0 Å². The van der Waals surface area contributed by atoms with Crippen molar-refractivity contribution in [3.05, 3.63) is 6.92 Å². The van der Waals surface area contributed by atoms with Crippen molar-refractivity contribution < 1.29 is 8.85 Å². The predicted molar refractivity (Wildman–Crippen MR) is 54.3 cm³/mol. The van der Waals surface area contributed by atoms with Crippen molar-refractivity contribution >= 4 is 8.56 Å². The van der Waals surface area contributed by atoms with Crippen molar-refractivity contribution in [2.24, 2.45) is 0 Å². The Balaban J connectivity index is 4.06. The Morgan fingerprint density at radius 3 is 1.83 bits per heavy atom. The van der Waals surface area contributed by atoms with Crippen LogP contribution in [0, 0.1) is 6.92 Å². The molecule has 0 spiro atoms. The molecule has 12 heavy (non-hydrogen) atoms. The van der Waals surface area contributed by atoms with Gasteiger partial charge in [-0.25, -0.2) is 0 Å². The van der Waals surface area contributed by atoms with Gasteiger partial charge in [0.25, 0.3) is 0 Å². The molecule has 0 heterocycles. The molecule has 0 N–H and O–H groups in total. The van der Waals surface area contributed by atoms with Gasteiger partial charge >= 0.3 is 8.56 Å². The molecule has 0 aliphatic rings. The first kappa shape index (κ1) is 12.1. The summed E-state index contributed by atoms with van der Waals surface area (Å²) in [6, 6.07) is 2.05. The molecule has 0 atom stereocenters. The second kappa shape index (κ2) is 6.63. The fourth-order valence-electron chi connectivity index (χ4n) is 1.36. The van der Waals surface area contributed by atoms with Gasteiger partial charge in [-0.1, -0.05) is 20.3 Å². The molecule has 0 bridgehead atoms. The van der Waals surface area contributed by atoms with Crippen LogP contribution in [-0.4, -0.2) is 21.8 Å². The van der Waals surface area contributed by atoms with Crippen molar-refractivity contribution in [2.75, 3.05) is 13.2 Å². The maximum atomic E-state index is 5.74. The molecule has 0 saturated heterocycles. The molecule has 0 aromatic carbocycles. The molecule has 0 fully saturated rings. The first-order chi connectivity index (χ1) is 5.74. The van der Waals surface area contributed by atoms with Gasteiger partial charge in [0, 0.05) is 13.2 Å². The third-order valence-electron chi connectivity index (χ3n) is 1.91. The van der Waals surface area contributed by atoms with E-state index in [1.165, 1.54) is 0 Å². The van der Waals surface area contributed by atoms with Gasteiger partial charge in [-0.05, 0) is 25.9 Å². The van der Waals surface area contributed by atoms with E-state index in [1.807, 2.05) is 13.8 Å². The molecule has 0 aromatic rings. The highest BCUT2D eigenvalue weighted by molar-refractivity contribution is 6.67. The molecule has 0 rings (SSSR count). The summed E-state index contributed by atoms with van der Waals surface area (Å²) in [5.41, 5.74) is 0. The summed E-state index contributed by atoms with van der Waals surface area (Å²) in [6.07, 6.45) is 0.917. The summed E-state index contributed by atoms with van der Waals surface area (Å²) in [7, 11) is -1.83. The Bertz CT molecular complexity index is 89.7. The lowest BCUT2D eigenvalue weighted by Gasteiger charge is -2.28. The number of hydrogen-bond acceptors (Lipinski definition) is 2. The monoisotopic (exact) mass is 189 g/mol. The second-order valence-electron chi connectivity index (χ2n) is 2.73. The Morgan fingerprint density at radius 2 is 1.58 bits per heavy atom. The normalized spacial score (nSPS) is 12.0. The molecule has 0 unspecified atom stereocenters. The summed E-state index contributed by atoms with van der Waals surface area (Å²) in [6.45, 7) is 11.6.